The minimum atomic E-state index is -0.215. The number of rotatable bonds is 8. The van der Waals surface area contributed by atoms with Gasteiger partial charge in [0.25, 0.3) is 5.91 Å². The predicted molar refractivity (Wildman–Crippen MR) is 105 cm³/mol. The summed E-state index contributed by atoms with van der Waals surface area (Å²) in [5, 5.41) is 5.96. The van der Waals surface area contributed by atoms with Crippen LogP contribution in [-0.2, 0) is 4.74 Å². The summed E-state index contributed by atoms with van der Waals surface area (Å²) in [6.07, 6.45) is 1.49. The highest BCUT2D eigenvalue weighted by Crippen LogP contribution is 2.19. The Hall–Kier alpha value is -1.86. The number of halogens is 1. The highest BCUT2D eigenvalue weighted by molar-refractivity contribution is 6.32. The molecule has 0 unspecified atom stereocenters. The number of pyridine rings is 1. The largest absolute Gasteiger partial charge is 0.381 e. The number of amides is 3. The second-order valence-corrected chi connectivity index (χ2v) is 7.61. The summed E-state index contributed by atoms with van der Waals surface area (Å²) < 4.78 is 5.48. The number of nitrogens with zero attached hydrogens (tertiary/aromatic N) is 2. The maximum atomic E-state index is 12.6. The van der Waals surface area contributed by atoms with Gasteiger partial charge in [0.15, 0.2) is 0 Å². The quantitative estimate of drug-likeness (QED) is 0.522. The summed E-state index contributed by atoms with van der Waals surface area (Å²) in [6, 6.07) is 3.18. The van der Waals surface area contributed by atoms with E-state index in [0.717, 1.165) is 18.7 Å². The van der Waals surface area contributed by atoms with E-state index >= 15 is 0 Å². The van der Waals surface area contributed by atoms with Crippen molar-refractivity contribution < 1.29 is 14.3 Å². The first kappa shape index (κ1) is 21.4. The molecule has 1 aliphatic rings. The van der Waals surface area contributed by atoms with Crippen LogP contribution in [0.3, 0.4) is 0 Å². The molecule has 2 N–H and O–H groups in total. The van der Waals surface area contributed by atoms with Crippen LogP contribution in [0.15, 0.2) is 12.1 Å². The lowest BCUT2D eigenvalue weighted by atomic mass is 10.2. The molecule has 1 atom stereocenters. The molecule has 8 heteroatoms. The van der Waals surface area contributed by atoms with Crippen LogP contribution < -0.4 is 10.6 Å². The average Bonchev–Trinajstić information content (AvgIpc) is 3.05. The van der Waals surface area contributed by atoms with Gasteiger partial charge in [-0.1, -0.05) is 25.4 Å². The third kappa shape index (κ3) is 6.99. The summed E-state index contributed by atoms with van der Waals surface area (Å²) in [4.78, 5) is 30.4. The minimum Gasteiger partial charge on any atom is -0.381 e. The van der Waals surface area contributed by atoms with E-state index in [-0.39, 0.29) is 23.1 Å². The summed E-state index contributed by atoms with van der Waals surface area (Å²) in [7, 11) is 0. The molecule has 0 radical (unpaired) electrons. The van der Waals surface area contributed by atoms with Crippen molar-refractivity contribution in [2.75, 3.05) is 32.8 Å². The molecule has 1 aliphatic heterocycles. The molecule has 0 bridgehead atoms. The number of hydrogen-bond donors (Lipinski definition) is 2. The smallest absolute Gasteiger partial charge is 0.315 e. The molecule has 1 saturated heterocycles. The monoisotopic (exact) mass is 396 g/mol. The van der Waals surface area contributed by atoms with Crippen molar-refractivity contribution in [3.8, 4) is 0 Å². The van der Waals surface area contributed by atoms with Crippen LogP contribution in [0.2, 0.25) is 5.15 Å². The van der Waals surface area contributed by atoms with E-state index in [0.29, 0.717) is 44.1 Å². The molecule has 1 aromatic heterocycles. The number of ether oxygens (including phenoxy) is 1. The van der Waals surface area contributed by atoms with E-state index < -0.39 is 0 Å². The van der Waals surface area contributed by atoms with E-state index in [4.69, 9.17) is 16.3 Å². The van der Waals surface area contributed by atoms with Gasteiger partial charge in [0.2, 0.25) is 0 Å². The van der Waals surface area contributed by atoms with Gasteiger partial charge in [0.1, 0.15) is 5.15 Å². The van der Waals surface area contributed by atoms with Crippen molar-refractivity contribution in [3.63, 3.8) is 0 Å². The molecule has 2 rings (SSSR count). The van der Waals surface area contributed by atoms with Gasteiger partial charge in [-0.05, 0) is 37.8 Å². The third-order valence-electron chi connectivity index (χ3n) is 4.23. The first-order valence-corrected chi connectivity index (χ1v) is 9.79. The van der Waals surface area contributed by atoms with Crippen molar-refractivity contribution in [3.05, 3.63) is 28.5 Å². The first-order valence-electron chi connectivity index (χ1n) is 9.41. The fourth-order valence-corrected chi connectivity index (χ4v) is 3.13. The summed E-state index contributed by atoms with van der Waals surface area (Å²) in [5.41, 5.74) is 1.16. The van der Waals surface area contributed by atoms with Crippen molar-refractivity contribution in [1.29, 1.82) is 0 Å². The van der Waals surface area contributed by atoms with Crippen LogP contribution in [0.4, 0.5) is 4.79 Å². The van der Waals surface area contributed by atoms with Crippen LogP contribution in [-0.4, -0.2) is 60.7 Å². The minimum absolute atomic E-state index is 0.0664. The van der Waals surface area contributed by atoms with Gasteiger partial charge in [-0.15, -0.1) is 0 Å². The SMILES string of the molecule is Cc1ccc(C(=O)N2CC[C@@H](NC(=O)NCCCOCC(C)C)C2)c(Cl)n1. The lowest BCUT2D eigenvalue weighted by Crippen LogP contribution is -2.44. The number of aromatic nitrogens is 1. The van der Waals surface area contributed by atoms with Gasteiger partial charge in [-0.2, -0.15) is 0 Å². The topological polar surface area (TPSA) is 83.6 Å². The van der Waals surface area contributed by atoms with Crippen LogP contribution >= 0.6 is 11.6 Å². The Kier molecular flexibility index (Phi) is 8.31. The molecule has 1 fully saturated rings. The number of likely N-dealkylation sites (tertiary alicyclic amines) is 1. The third-order valence-corrected chi connectivity index (χ3v) is 4.52. The van der Waals surface area contributed by atoms with E-state index in [2.05, 4.69) is 29.5 Å². The Bertz CT molecular complexity index is 654. The van der Waals surface area contributed by atoms with Crippen molar-refractivity contribution in [2.24, 2.45) is 5.92 Å². The van der Waals surface area contributed by atoms with Gasteiger partial charge >= 0.3 is 6.03 Å². The van der Waals surface area contributed by atoms with Gasteiger partial charge < -0.3 is 20.3 Å². The van der Waals surface area contributed by atoms with Crippen molar-refractivity contribution in [2.45, 2.75) is 39.7 Å². The van der Waals surface area contributed by atoms with E-state index in [1.54, 1.807) is 17.0 Å². The Labute approximate surface area is 165 Å². The normalized spacial score (nSPS) is 16.6. The average molecular weight is 397 g/mol. The van der Waals surface area contributed by atoms with Gasteiger partial charge in [-0.3, -0.25) is 4.79 Å². The summed E-state index contributed by atoms with van der Waals surface area (Å²) in [6.45, 7) is 9.00. The number of aryl methyl sites for hydroxylation is 1. The number of hydrogen-bond acceptors (Lipinski definition) is 4. The van der Waals surface area contributed by atoms with Crippen LogP contribution in [0.1, 0.15) is 42.7 Å². The fraction of sp³-hybridized carbons (Fsp3) is 0.632. The van der Waals surface area contributed by atoms with Crippen molar-refractivity contribution in [1.82, 2.24) is 20.5 Å². The van der Waals surface area contributed by atoms with E-state index in [9.17, 15) is 9.59 Å². The summed E-state index contributed by atoms with van der Waals surface area (Å²) >= 11 is 6.09. The van der Waals surface area contributed by atoms with Crippen LogP contribution in [0.25, 0.3) is 0 Å². The number of carbonyl (C=O) groups is 2. The second kappa shape index (κ2) is 10.5. The molecular formula is C19H29ClN4O3. The Morgan fingerprint density at radius 2 is 2.19 bits per heavy atom. The molecule has 0 aliphatic carbocycles. The van der Waals surface area contributed by atoms with Gasteiger partial charge in [0, 0.05) is 44.6 Å². The zero-order chi connectivity index (χ0) is 19.8. The highest BCUT2D eigenvalue weighted by atomic mass is 35.5. The Morgan fingerprint density at radius 3 is 2.89 bits per heavy atom. The number of carbonyl (C=O) groups excluding carboxylic acids is 2. The molecule has 7 nitrogen and oxygen atoms in total. The molecular weight excluding hydrogens is 368 g/mol. The maximum absolute atomic E-state index is 12.6. The number of urea groups is 1. The zero-order valence-electron chi connectivity index (χ0n) is 16.3. The van der Waals surface area contributed by atoms with Crippen LogP contribution in [0.5, 0.6) is 0 Å². The lowest BCUT2D eigenvalue weighted by Gasteiger charge is -2.18. The Morgan fingerprint density at radius 1 is 1.41 bits per heavy atom. The maximum Gasteiger partial charge on any atom is 0.315 e. The van der Waals surface area contributed by atoms with Crippen LogP contribution in [0, 0.1) is 12.8 Å². The zero-order valence-corrected chi connectivity index (χ0v) is 17.0. The van der Waals surface area contributed by atoms with Crippen molar-refractivity contribution >= 4 is 23.5 Å². The number of nitrogens with one attached hydrogen (secondary N) is 2. The Balaban J connectivity index is 1.69. The molecule has 150 valence electrons. The lowest BCUT2D eigenvalue weighted by molar-refractivity contribution is 0.0789. The fourth-order valence-electron chi connectivity index (χ4n) is 2.85. The predicted octanol–water partition coefficient (Wildman–Crippen LogP) is 2.62. The molecule has 0 saturated carbocycles. The first-order chi connectivity index (χ1) is 12.9. The second-order valence-electron chi connectivity index (χ2n) is 7.25. The molecule has 0 aromatic carbocycles. The molecule has 0 spiro atoms. The van der Waals surface area contributed by atoms with Gasteiger partial charge in [0.05, 0.1) is 5.56 Å². The van der Waals surface area contributed by atoms with E-state index in [1.807, 2.05) is 6.92 Å². The molecule has 1 aromatic rings. The molecule has 27 heavy (non-hydrogen) atoms. The van der Waals surface area contributed by atoms with Gasteiger partial charge in [-0.25, -0.2) is 9.78 Å². The highest BCUT2D eigenvalue weighted by Gasteiger charge is 2.29. The van der Waals surface area contributed by atoms with E-state index in [1.165, 1.54) is 0 Å². The summed E-state index contributed by atoms with van der Waals surface area (Å²) in [5.74, 6) is 0.361. The standard InChI is InChI=1S/C19H29ClN4O3/c1-13(2)12-27-10-4-8-21-19(26)23-15-7-9-24(11-15)18(25)16-6-5-14(3)22-17(16)20/h5-6,13,15H,4,7-12H2,1-3H3,(H2,21,23,26)/t15-/m1/s1. The molecule has 3 amide bonds. The molecule has 2 heterocycles.